The van der Waals surface area contributed by atoms with Crippen molar-refractivity contribution in [1.82, 2.24) is 10.2 Å². The van der Waals surface area contributed by atoms with E-state index in [9.17, 15) is 19.7 Å². The molecule has 2 aliphatic rings. The standard InChI is InChI=1S/C18H23N3O6/c1-10(2)27-17(22)14-11(3)19-12(4)16(21(24)25)15(14)13-7-6-8-20(9-13)18(23)26-5/h6-7,9-10,15,19H,8H2,1-5H3. The Bertz CT molecular complexity index is 791. The van der Waals surface area contributed by atoms with E-state index in [1.54, 1.807) is 39.8 Å². The van der Waals surface area contributed by atoms with E-state index in [-0.39, 0.29) is 23.9 Å². The van der Waals surface area contributed by atoms with Gasteiger partial charge in [0.2, 0.25) is 0 Å². The van der Waals surface area contributed by atoms with Crippen LogP contribution in [0.4, 0.5) is 4.79 Å². The molecule has 1 unspecified atom stereocenters. The maximum atomic E-state index is 12.7. The molecule has 0 aromatic rings. The smallest absolute Gasteiger partial charge is 0.413 e. The van der Waals surface area contributed by atoms with Crippen molar-refractivity contribution < 1.29 is 24.0 Å². The minimum absolute atomic E-state index is 0.142. The number of carbonyl (C=O) groups excluding carboxylic acids is 2. The zero-order valence-corrected chi connectivity index (χ0v) is 15.9. The molecule has 1 N–H and O–H groups in total. The van der Waals surface area contributed by atoms with Crippen LogP contribution in [0, 0.1) is 16.0 Å². The largest absolute Gasteiger partial charge is 0.460 e. The molecular weight excluding hydrogens is 354 g/mol. The Morgan fingerprint density at radius 3 is 2.56 bits per heavy atom. The van der Waals surface area contributed by atoms with Crippen LogP contribution in [0.5, 0.6) is 0 Å². The van der Waals surface area contributed by atoms with Crippen molar-refractivity contribution in [2.75, 3.05) is 13.7 Å². The van der Waals surface area contributed by atoms with Crippen LogP contribution < -0.4 is 5.32 Å². The first-order chi connectivity index (χ1) is 12.7. The maximum Gasteiger partial charge on any atom is 0.413 e. The number of nitrogens with one attached hydrogen (secondary N) is 1. The zero-order chi connectivity index (χ0) is 20.3. The fraction of sp³-hybridized carbons (Fsp3) is 0.444. The number of carbonyl (C=O) groups is 2. The van der Waals surface area contributed by atoms with Crippen LogP contribution in [-0.4, -0.2) is 41.6 Å². The second-order valence-corrected chi connectivity index (χ2v) is 6.47. The molecule has 0 fully saturated rings. The van der Waals surface area contributed by atoms with E-state index >= 15 is 0 Å². The highest BCUT2D eigenvalue weighted by molar-refractivity contribution is 5.92. The van der Waals surface area contributed by atoms with Crippen LogP contribution >= 0.6 is 0 Å². The topological polar surface area (TPSA) is 111 Å². The number of amides is 1. The molecule has 9 heteroatoms. The molecule has 0 saturated carbocycles. The zero-order valence-electron chi connectivity index (χ0n) is 15.9. The lowest BCUT2D eigenvalue weighted by atomic mass is 9.83. The normalized spacial score (nSPS) is 19.7. The van der Waals surface area contributed by atoms with Gasteiger partial charge in [-0.2, -0.15) is 0 Å². The summed E-state index contributed by atoms with van der Waals surface area (Å²) in [6.07, 6.45) is 3.84. The van der Waals surface area contributed by atoms with Gasteiger partial charge in [0.05, 0.1) is 29.4 Å². The summed E-state index contributed by atoms with van der Waals surface area (Å²) in [4.78, 5) is 37.1. The summed E-state index contributed by atoms with van der Waals surface area (Å²) in [6, 6.07) is 0. The number of nitrogens with zero attached hydrogens (tertiary/aromatic N) is 2. The lowest BCUT2D eigenvalue weighted by Gasteiger charge is -2.29. The Morgan fingerprint density at radius 1 is 1.33 bits per heavy atom. The van der Waals surface area contributed by atoms with Gasteiger partial charge in [0.15, 0.2) is 0 Å². The monoisotopic (exact) mass is 377 g/mol. The van der Waals surface area contributed by atoms with E-state index in [0.717, 1.165) is 0 Å². The average Bonchev–Trinajstić information content (AvgIpc) is 2.59. The molecule has 0 aromatic heterocycles. The Hall–Kier alpha value is -3.10. The molecule has 27 heavy (non-hydrogen) atoms. The first-order valence-electron chi connectivity index (χ1n) is 8.44. The minimum atomic E-state index is -0.976. The first kappa shape index (κ1) is 20.2. The number of esters is 1. The molecule has 1 atom stereocenters. The molecule has 2 aliphatic heterocycles. The SMILES string of the molecule is COC(=O)N1C=C(C2C(C(=O)OC(C)C)=C(C)NC(C)=C2[N+](=O)[O-])C=CC1. The Balaban J connectivity index is 2.59. The fourth-order valence-electron chi connectivity index (χ4n) is 3.09. The molecule has 146 valence electrons. The highest BCUT2D eigenvalue weighted by atomic mass is 16.6. The molecule has 0 aliphatic carbocycles. The Morgan fingerprint density at radius 2 is 2.00 bits per heavy atom. The molecule has 9 nitrogen and oxygen atoms in total. The molecule has 2 heterocycles. The van der Waals surface area contributed by atoms with E-state index in [1.807, 2.05) is 0 Å². The molecule has 0 bridgehead atoms. The number of hydrogen-bond donors (Lipinski definition) is 1. The van der Waals surface area contributed by atoms with Crippen molar-refractivity contribution in [2.24, 2.45) is 5.92 Å². The summed E-state index contributed by atoms with van der Waals surface area (Å²) in [7, 11) is 1.25. The van der Waals surface area contributed by atoms with Crippen molar-refractivity contribution in [3.8, 4) is 0 Å². The first-order valence-corrected chi connectivity index (χ1v) is 8.44. The number of methoxy groups -OCH3 is 1. The van der Waals surface area contributed by atoms with Crippen molar-refractivity contribution in [3.63, 3.8) is 0 Å². The van der Waals surface area contributed by atoms with Gasteiger partial charge < -0.3 is 14.8 Å². The van der Waals surface area contributed by atoms with Gasteiger partial charge in [-0.15, -0.1) is 0 Å². The molecule has 0 radical (unpaired) electrons. The summed E-state index contributed by atoms with van der Waals surface area (Å²) in [5, 5.41) is 14.7. The third-order valence-corrected chi connectivity index (χ3v) is 4.14. The Kier molecular flexibility index (Phi) is 6.04. The summed E-state index contributed by atoms with van der Waals surface area (Å²) in [5.74, 6) is -1.62. The number of rotatable bonds is 4. The van der Waals surface area contributed by atoms with Crippen molar-refractivity contribution in [3.05, 3.63) is 56.7 Å². The van der Waals surface area contributed by atoms with Crippen LogP contribution in [0.2, 0.25) is 0 Å². The average molecular weight is 377 g/mol. The van der Waals surface area contributed by atoms with Crippen LogP contribution in [0.1, 0.15) is 27.7 Å². The quantitative estimate of drug-likeness (QED) is 0.455. The number of allylic oxidation sites excluding steroid dienone is 4. The van der Waals surface area contributed by atoms with Crippen LogP contribution in [-0.2, 0) is 14.3 Å². The highest BCUT2D eigenvalue weighted by Gasteiger charge is 2.42. The molecule has 0 saturated heterocycles. The van der Waals surface area contributed by atoms with Gasteiger partial charge in [-0.3, -0.25) is 15.0 Å². The van der Waals surface area contributed by atoms with Gasteiger partial charge >= 0.3 is 12.1 Å². The van der Waals surface area contributed by atoms with Gasteiger partial charge in [-0.05, 0) is 33.3 Å². The van der Waals surface area contributed by atoms with Gasteiger partial charge in [0.25, 0.3) is 5.70 Å². The number of dihydropyridines is 1. The fourth-order valence-corrected chi connectivity index (χ4v) is 3.09. The van der Waals surface area contributed by atoms with Crippen LogP contribution in [0.3, 0.4) is 0 Å². The second kappa shape index (κ2) is 8.07. The van der Waals surface area contributed by atoms with Crippen LogP contribution in [0.25, 0.3) is 0 Å². The lowest BCUT2D eigenvalue weighted by molar-refractivity contribution is -0.433. The van der Waals surface area contributed by atoms with E-state index in [4.69, 9.17) is 9.47 Å². The van der Waals surface area contributed by atoms with Crippen molar-refractivity contribution >= 4 is 12.1 Å². The van der Waals surface area contributed by atoms with E-state index in [0.29, 0.717) is 17.0 Å². The summed E-state index contributed by atoms with van der Waals surface area (Å²) < 4.78 is 10.0. The third kappa shape index (κ3) is 4.18. The van der Waals surface area contributed by atoms with Crippen molar-refractivity contribution in [2.45, 2.75) is 33.8 Å². The molecule has 0 spiro atoms. The number of ether oxygens (including phenoxy) is 2. The van der Waals surface area contributed by atoms with Gasteiger partial charge in [0, 0.05) is 18.4 Å². The number of nitro groups is 1. The molecular formula is C18H23N3O6. The second-order valence-electron chi connectivity index (χ2n) is 6.47. The maximum absolute atomic E-state index is 12.7. The van der Waals surface area contributed by atoms with Crippen molar-refractivity contribution in [1.29, 1.82) is 0 Å². The predicted octanol–water partition coefficient (Wildman–Crippen LogP) is 2.46. The predicted molar refractivity (Wildman–Crippen MR) is 96.6 cm³/mol. The summed E-state index contributed by atoms with van der Waals surface area (Å²) in [6.45, 7) is 6.91. The summed E-state index contributed by atoms with van der Waals surface area (Å²) >= 11 is 0. The van der Waals surface area contributed by atoms with E-state index < -0.39 is 22.9 Å². The lowest BCUT2D eigenvalue weighted by Crippen LogP contribution is -2.36. The molecule has 0 aromatic carbocycles. The summed E-state index contributed by atoms with van der Waals surface area (Å²) in [5.41, 5.74) is 1.20. The molecule has 2 rings (SSSR count). The third-order valence-electron chi connectivity index (χ3n) is 4.14. The molecule has 1 amide bonds. The van der Waals surface area contributed by atoms with Crippen LogP contribution in [0.15, 0.2) is 46.6 Å². The highest BCUT2D eigenvalue weighted by Crippen LogP contribution is 2.37. The van der Waals surface area contributed by atoms with Gasteiger partial charge in [-0.1, -0.05) is 12.2 Å². The van der Waals surface area contributed by atoms with E-state index in [1.165, 1.54) is 18.2 Å². The number of hydrogen-bond acceptors (Lipinski definition) is 7. The van der Waals surface area contributed by atoms with E-state index in [2.05, 4.69) is 5.32 Å². The Labute approximate surface area is 157 Å². The van der Waals surface area contributed by atoms with Gasteiger partial charge in [-0.25, -0.2) is 9.59 Å². The minimum Gasteiger partial charge on any atom is -0.460 e. The van der Waals surface area contributed by atoms with Gasteiger partial charge in [0.1, 0.15) is 5.92 Å².